The summed E-state index contributed by atoms with van der Waals surface area (Å²) in [6.45, 7) is 0. The Morgan fingerprint density at radius 2 is 2.05 bits per heavy atom. The Labute approximate surface area is 123 Å². The van der Waals surface area contributed by atoms with Crippen LogP contribution in [0.4, 0.5) is 15.8 Å². The second kappa shape index (κ2) is 5.92. The van der Waals surface area contributed by atoms with E-state index in [9.17, 15) is 9.18 Å². The van der Waals surface area contributed by atoms with Gasteiger partial charge in [0, 0.05) is 16.9 Å². The maximum absolute atomic E-state index is 13.2. The third kappa shape index (κ3) is 3.27. The molecule has 0 heterocycles. The predicted octanol–water partition coefficient (Wildman–Crippen LogP) is 3.43. The molecule has 4 nitrogen and oxygen atoms in total. The standard InChI is InChI=1S/C14H12BrFN2O2/c1-20-13-3-2-8(4-12(13)15)14(19)18-11-6-9(16)5-10(17)7-11/h2-7H,17H2,1H3,(H,18,19). The van der Waals surface area contributed by atoms with Crippen LogP contribution in [-0.4, -0.2) is 13.0 Å². The molecule has 3 N–H and O–H groups in total. The molecule has 2 rings (SSSR count). The predicted molar refractivity (Wildman–Crippen MR) is 79.5 cm³/mol. The summed E-state index contributed by atoms with van der Waals surface area (Å²) >= 11 is 3.30. The van der Waals surface area contributed by atoms with Crippen LogP contribution in [0.5, 0.6) is 5.75 Å². The van der Waals surface area contributed by atoms with E-state index >= 15 is 0 Å². The lowest BCUT2D eigenvalue weighted by Crippen LogP contribution is -2.12. The smallest absolute Gasteiger partial charge is 0.255 e. The van der Waals surface area contributed by atoms with E-state index in [0.29, 0.717) is 21.5 Å². The number of ether oxygens (including phenoxy) is 1. The van der Waals surface area contributed by atoms with Crippen molar-refractivity contribution in [3.05, 3.63) is 52.3 Å². The number of carbonyl (C=O) groups is 1. The van der Waals surface area contributed by atoms with Gasteiger partial charge in [-0.3, -0.25) is 4.79 Å². The average molecular weight is 339 g/mol. The summed E-state index contributed by atoms with van der Waals surface area (Å²) in [7, 11) is 1.54. The van der Waals surface area contributed by atoms with Crippen molar-refractivity contribution in [3.8, 4) is 5.75 Å². The first-order valence-electron chi connectivity index (χ1n) is 5.70. The number of anilines is 2. The number of hydrogen-bond acceptors (Lipinski definition) is 3. The van der Waals surface area contributed by atoms with Crippen LogP contribution in [0, 0.1) is 5.82 Å². The number of carbonyl (C=O) groups excluding carboxylic acids is 1. The third-order valence-electron chi connectivity index (χ3n) is 2.59. The highest BCUT2D eigenvalue weighted by Crippen LogP contribution is 2.26. The minimum absolute atomic E-state index is 0.246. The van der Waals surface area contributed by atoms with Crippen LogP contribution < -0.4 is 15.8 Å². The zero-order valence-electron chi connectivity index (χ0n) is 10.6. The summed E-state index contributed by atoms with van der Waals surface area (Å²) in [5.41, 5.74) is 6.49. The van der Waals surface area contributed by atoms with Gasteiger partial charge in [0.05, 0.1) is 11.6 Å². The summed E-state index contributed by atoms with van der Waals surface area (Å²) in [6, 6.07) is 8.77. The summed E-state index contributed by atoms with van der Waals surface area (Å²) in [4.78, 5) is 12.1. The Hall–Kier alpha value is -2.08. The lowest BCUT2D eigenvalue weighted by Gasteiger charge is -2.08. The van der Waals surface area contributed by atoms with E-state index in [4.69, 9.17) is 10.5 Å². The fourth-order valence-electron chi connectivity index (χ4n) is 1.70. The van der Waals surface area contributed by atoms with E-state index in [0.717, 1.165) is 0 Å². The van der Waals surface area contributed by atoms with Gasteiger partial charge >= 0.3 is 0 Å². The zero-order chi connectivity index (χ0) is 14.7. The zero-order valence-corrected chi connectivity index (χ0v) is 12.2. The Morgan fingerprint density at radius 3 is 2.65 bits per heavy atom. The molecule has 0 aliphatic carbocycles. The monoisotopic (exact) mass is 338 g/mol. The maximum Gasteiger partial charge on any atom is 0.255 e. The van der Waals surface area contributed by atoms with E-state index in [-0.39, 0.29) is 11.6 Å². The Balaban J connectivity index is 2.21. The molecule has 0 saturated heterocycles. The van der Waals surface area contributed by atoms with Crippen molar-refractivity contribution in [2.24, 2.45) is 0 Å². The van der Waals surface area contributed by atoms with Gasteiger partial charge in [-0.1, -0.05) is 0 Å². The van der Waals surface area contributed by atoms with Crippen molar-refractivity contribution in [2.75, 3.05) is 18.2 Å². The van der Waals surface area contributed by atoms with Crippen molar-refractivity contribution < 1.29 is 13.9 Å². The SMILES string of the molecule is COc1ccc(C(=O)Nc2cc(N)cc(F)c2)cc1Br. The highest BCUT2D eigenvalue weighted by atomic mass is 79.9. The number of methoxy groups -OCH3 is 1. The molecule has 1 amide bonds. The van der Waals surface area contributed by atoms with Gasteiger partial charge in [0.15, 0.2) is 0 Å². The molecule has 0 atom stereocenters. The van der Waals surface area contributed by atoms with E-state index in [1.807, 2.05) is 0 Å². The van der Waals surface area contributed by atoms with Crippen molar-refractivity contribution in [1.29, 1.82) is 0 Å². The molecule has 0 aliphatic rings. The number of halogens is 2. The van der Waals surface area contributed by atoms with Crippen molar-refractivity contribution >= 4 is 33.2 Å². The van der Waals surface area contributed by atoms with E-state index in [1.165, 1.54) is 25.3 Å². The quantitative estimate of drug-likeness (QED) is 0.842. The number of benzene rings is 2. The molecule has 0 unspecified atom stereocenters. The number of hydrogen-bond donors (Lipinski definition) is 2. The van der Waals surface area contributed by atoms with Gasteiger partial charge in [-0.2, -0.15) is 0 Å². The molecule has 0 aromatic heterocycles. The number of nitrogens with one attached hydrogen (secondary N) is 1. The highest BCUT2D eigenvalue weighted by molar-refractivity contribution is 9.10. The summed E-state index contributed by atoms with van der Waals surface area (Å²) in [5.74, 6) is -0.244. The molecule has 0 spiro atoms. The van der Waals surface area contributed by atoms with Crippen molar-refractivity contribution in [3.63, 3.8) is 0 Å². The van der Waals surface area contributed by atoms with Gasteiger partial charge in [0.25, 0.3) is 5.91 Å². The fourth-order valence-corrected chi connectivity index (χ4v) is 2.24. The van der Waals surface area contributed by atoms with Gasteiger partial charge in [-0.25, -0.2) is 4.39 Å². The fraction of sp³-hybridized carbons (Fsp3) is 0.0714. The number of nitrogens with two attached hydrogens (primary N) is 1. The third-order valence-corrected chi connectivity index (χ3v) is 3.21. The van der Waals surface area contributed by atoms with Crippen LogP contribution >= 0.6 is 15.9 Å². The van der Waals surface area contributed by atoms with Crippen LogP contribution in [-0.2, 0) is 0 Å². The summed E-state index contributed by atoms with van der Waals surface area (Å²) in [6.07, 6.45) is 0. The molecule has 104 valence electrons. The Morgan fingerprint density at radius 1 is 1.30 bits per heavy atom. The largest absolute Gasteiger partial charge is 0.496 e. The van der Waals surface area contributed by atoms with Gasteiger partial charge in [-0.05, 0) is 52.3 Å². The van der Waals surface area contributed by atoms with Crippen LogP contribution in [0.25, 0.3) is 0 Å². The Bertz CT molecular complexity index is 641. The minimum atomic E-state index is -0.504. The van der Waals surface area contributed by atoms with Gasteiger partial charge in [0.2, 0.25) is 0 Å². The normalized spacial score (nSPS) is 10.2. The van der Waals surface area contributed by atoms with E-state index < -0.39 is 5.82 Å². The van der Waals surface area contributed by atoms with E-state index in [1.54, 1.807) is 18.2 Å². The molecule has 0 saturated carbocycles. The maximum atomic E-state index is 13.2. The summed E-state index contributed by atoms with van der Waals surface area (Å²) < 4.78 is 18.9. The van der Waals surface area contributed by atoms with Gasteiger partial charge in [0.1, 0.15) is 11.6 Å². The Kier molecular flexibility index (Phi) is 4.24. The summed E-state index contributed by atoms with van der Waals surface area (Å²) in [5, 5.41) is 2.58. The second-order valence-corrected chi connectivity index (χ2v) is 4.93. The van der Waals surface area contributed by atoms with E-state index in [2.05, 4.69) is 21.2 Å². The first-order valence-corrected chi connectivity index (χ1v) is 6.50. The van der Waals surface area contributed by atoms with Crippen LogP contribution in [0.15, 0.2) is 40.9 Å². The molecule has 6 heteroatoms. The molecule has 2 aromatic rings. The topological polar surface area (TPSA) is 64.3 Å². The van der Waals surface area contributed by atoms with Crippen LogP contribution in [0.2, 0.25) is 0 Å². The molecule has 2 aromatic carbocycles. The number of amides is 1. The van der Waals surface area contributed by atoms with Crippen LogP contribution in [0.3, 0.4) is 0 Å². The molecule has 0 fully saturated rings. The molecular weight excluding hydrogens is 327 g/mol. The lowest BCUT2D eigenvalue weighted by molar-refractivity contribution is 0.102. The average Bonchev–Trinajstić information content (AvgIpc) is 2.37. The van der Waals surface area contributed by atoms with Gasteiger partial charge in [-0.15, -0.1) is 0 Å². The number of nitrogen functional groups attached to an aromatic ring is 1. The van der Waals surface area contributed by atoms with Crippen molar-refractivity contribution in [2.45, 2.75) is 0 Å². The first kappa shape index (κ1) is 14.3. The van der Waals surface area contributed by atoms with Gasteiger partial charge < -0.3 is 15.8 Å². The lowest BCUT2D eigenvalue weighted by atomic mass is 10.2. The minimum Gasteiger partial charge on any atom is -0.496 e. The van der Waals surface area contributed by atoms with Crippen LogP contribution in [0.1, 0.15) is 10.4 Å². The molecule has 0 aliphatic heterocycles. The first-order chi connectivity index (χ1) is 9.49. The second-order valence-electron chi connectivity index (χ2n) is 4.08. The molecule has 0 bridgehead atoms. The van der Waals surface area contributed by atoms with Crippen molar-refractivity contribution in [1.82, 2.24) is 0 Å². The number of rotatable bonds is 3. The molecular formula is C14H12BrFN2O2. The highest BCUT2D eigenvalue weighted by Gasteiger charge is 2.10. The molecule has 0 radical (unpaired) electrons. The molecule has 20 heavy (non-hydrogen) atoms.